The number of fused-ring (bicyclic) bond motifs is 1. The summed E-state index contributed by atoms with van der Waals surface area (Å²) in [5.74, 6) is 0. The number of nitrogens with one attached hydrogen (secondary N) is 1. The average molecular weight is 230 g/mol. The molecule has 0 amide bonds. The van der Waals surface area contributed by atoms with E-state index in [-0.39, 0.29) is 6.04 Å². The summed E-state index contributed by atoms with van der Waals surface area (Å²) in [5.41, 5.74) is 0.711. The highest BCUT2D eigenvalue weighted by atomic mass is 19.1. The topological polar surface area (TPSA) is 24.9 Å². The summed E-state index contributed by atoms with van der Waals surface area (Å²) in [6.07, 6.45) is 4.45. The van der Waals surface area contributed by atoms with Crippen LogP contribution in [0.2, 0.25) is 0 Å². The molecular weight excluding hydrogens is 215 g/mol. The van der Waals surface area contributed by atoms with Crippen LogP contribution in [-0.2, 0) is 0 Å². The highest BCUT2D eigenvalue weighted by molar-refractivity contribution is 5.85. The van der Waals surface area contributed by atoms with Gasteiger partial charge in [0, 0.05) is 29.4 Å². The van der Waals surface area contributed by atoms with Crippen molar-refractivity contribution in [2.24, 2.45) is 0 Å². The summed E-state index contributed by atoms with van der Waals surface area (Å²) in [4.78, 5) is 4.14. The van der Waals surface area contributed by atoms with Crippen molar-refractivity contribution in [1.82, 2.24) is 10.3 Å². The quantitative estimate of drug-likeness (QED) is 0.857. The second-order valence-corrected chi connectivity index (χ2v) is 4.55. The van der Waals surface area contributed by atoms with Gasteiger partial charge in [0.1, 0.15) is 6.17 Å². The predicted molar refractivity (Wildman–Crippen MR) is 66.6 cm³/mol. The SMILES string of the molecule is FC(c1cncc2ccccc12)C1CCCN1. The minimum atomic E-state index is -0.962. The lowest BCUT2D eigenvalue weighted by atomic mass is 9.99. The molecule has 0 spiro atoms. The molecule has 2 atom stereocenters. The lowest BCUT2D eigenvalue weighted by Crippen LogP contribution is -2.26. The van der Waals surface area contributed by atoms with Crippen molar-refractivity contribution in [1.29, 1.82) is 0 Å². The van der Waals surface area contributed by atoms with Crippen molar-refractivity contribution in [3.05, 3.63) is 42.2 Å². The monoisotopic (exact) mass is 230 g/mol. The van der Waals surface area contributed by atoms with E-state index in [1.807, 2.05) is 24.3 Å². The largest absolute Gasteiger partial charge is 0.311 e. The number of alkyl halides is 1. The summed E-state index contributed by atoms with van der Waals surface area (Å²) in [6, 6.07) is 7.78. The highest BCUT2D eigenvalue weighted by Gasteiger charge is 2.26. The first-order valence-corrected chi connectivity index (χ1v) is 6.06. The Morgan fingerprint density at radius 1 is 1.29 bits per heavy atom. The van der Waals surface area contributed by atoms with E-state index in [4.69, 9.17) is 0 Å². The zero-order chi connectivity index (χ0) is 11.7. The predicted octanol–water partition coefficient (Wildman–Crippen LogP) is 3.00. The van der Waals surface area contributed by atoms with Crippen molar-refractivity contribution in [3.8, 4) is 0 Å². The van der Waals surface area contributed by atoms with Crippen LogP contribution in [0.1, 0.15) is 24.6 Å². The minimum Gasteiger partial charge on any atom is -0.311 e. The molecule has 2 unspecified atom stereocenters. The van der Waals surface area contributed by atoms with E-state index in [1.54, 1.807) is 12.4 Å². The number of hydrogen-bond donors (Lipinski definition) is 1. The fraction of sp³-hybridized carbons (Fsp3) is 0.357. The molecule has 1 saturated heterocycles. The molecule has 1 fully saturated rings. The number of pyridine rings is 1. The Bertz CT molecular complexity index is 515. The molecule has 1 aromatic heterocycles. The number of nitrogens with zero attached hydrogens (tertiary/aromatic N) is 1. The van der Waals surface area contributed by atoms with E-state index in [0.29, 0.717) is 5.56 Å². The molecule has 17 heavy (non-hydrogen) atoms. The van der Waals surface area contributed by atoms with Gasteiger partial charge in [-0.15, -0.1) is 0 Å². The van der Waals surface area contributed by atoms with Crippen LogP contribution >= 0.6 is 0 Å². The number of benzene rings is 1. The summed E-state index contributed by atoms with van der Waals surface area (Å²) >= 11 is 0. The number of aromatic nitrogens is 1. The van der Waals surface area contributed by atoms with Gasteiger partial charge in [0.05, 0.1) is 0 Å². The Labute approximate surface area is 99.9 Å². The molecule has 1 aromatic carbocycles. The normalized spacial score (nSPS) is 21.8. The molecule has 2 heterocycles. The van der Waals surface area contributed by atoms with Crippen molar-refractivity contribution >= 4 is 10.8 Å². The van der Waals surface area contributed by atoms with Gasteiger partial charge in [-0.05, 0) is 24.8 Å². The van der Waals surface area contributed by atoms with Crippen molar-refractivity contribution in [3.63, 3.8) is 0 Å². The summed E-state index contributed by atoms with van der Waals surface area (Å²) in [6.45, 7) is 0.920. The van der Waals surface area contributed by atoms with Crippen LogP contribution in [0.4, 0.5) is 4.39 Å². The fourth-order valence-corrected chi connectivity index (χ4v) is 2.54. The first-order valence-electron chi connectivity index (χ1n) is 6.06. The molecule has 3 heteroatoms. The maximum atomic E-state index is 14.5. The second-order valence-electron chi connectivity index (χ2n) is 4.55. The molecule has 0 saturated carbocycles. The third-order valence-corrected chi connectivity index (χ3v) is 3.45. The molecule has 2 aromatic rings. The van der Waals surface area contributed by atoms with Crippen LogP contribution in [0.15, 0.2) is 36.7 Å². The van der Waals surface area contributed by atoms with Crippen molar-refractivity contribution in [2.75, 3.05) is 6.54 Å². The summed E-state index contributed by atoms with van der Waals surface area (Å²) in [5, 5.41) is 5.20. The lowest BCUT2D eigenvalue weighted by Gasteiger charge is -2.17. The van der Waals surface area contributed by atoms with E-state index in [0.717, 1.165) is 30.2 Å². The number of rotatable bonds is 2. The Morgan fingerprint density at radius 2 is 2.18 bits per heavy atom. The Morgan fingerprint density at radius 3 is 3.00 bits per heavy atom. The van der Waals surface area contributed by atoms with Gasteiger partial charge >= 0.3 is 0 Å². The molecule has 88 valence electrons. The third-order valence-electron chi connectivity index (χ3n) is 3.45. The number of halogens is 1. The number of hydrogen-bond acceptors (Lipinski definition) is 2. The van der Waals surface area contributed by atoms with Crippen LogP contribution in [0, 0.1) is 0 Å². The van der Waals surface area contributed by atoms with Crippen LogP contribution in [-0.4, -0.2) is 17.6 Å². The minimum absolute atomic E-state index is 0.0531. The molecule has 1 N–H and O–H groups in total. The molecule has 0 bridgehead atoms. The molecule has 1 aliphatic heterocycles. The molecule has 3 rings (SSSR count). The Hall–Kier alpha value is -1.48. The van der Waals surface area contributed by atoms with Gasteiger partial charge in [-0.3, -0.25) is 4.98 Å². The van der Waals surface area contributed by atoms with Gasteiger partial charge < -0.3 is 5.32 Å². The van der Waals surface area contributed by atoms with Crippen molar-refractivity contribution in [2.45, 2.75) is 25.1 Å². The fourth-order valence-electron chi connectivity index (χ4n) is 2.54. The summed E-state index contributed by atoms with van der Waals surface area (Å²) in [7, 11) is 0. The van der Waals surface area contributed by atoms with Gasteiger partial charge in [0.15, 0.2) is 0 Å². The van der Waals surface area contributed by atoms with Crippen LogP contribution in [0.25, 0.3) is 10.8 Å². The molecule has 2 nitrogen and oxygen atoms in total. The summed E-state index contributed by atoms with van der Waals surface area (Å²) < 4.78 is 14.5. The van der Waals surface area contributed by atoms with E-state index < -0.39 is 6.17 Å². The van der Waals surface area contributed by atoms with Gasteiger partial charge in [0.2, 0.25) is 0 Å². The molecular formula is C14H15FN2. The van der Waals surface area contributed by atoms with E-state index in [1.165, 1.54) is 0 Å². The molecule has 0 aliphatic carbocycles. The van der Waals surface area contributed by atoms with E-state index in [2.05, 4.69) is 10.3 Å². The highest BCUT2D eigenvalue weighted by Crippen LogP contribution is 2.31. The Balaban J connectivity index is 2.04. The third kappa shape index (κ3) is 1.91. The standard InChI is InChI=1S/C14H15FN2/c15-14(13-6-3-7-17-13)12-9-16-8-10-4-1-2-5-11(10)12/h1-2,4-5,8-9,13-14,17H,3,6-7H2. The van der Waals surface area contributed by atoms with Crippen LogP contribution in [0.3, 0.4) is 0 Å². The van der Waals surface area contributed by atoms with Gasteiger partial charge in [0.25, 0.3) is 0 Å². The zero-order valence-electron chi connectivity index (χ0n) is 9.57. The second kappa shape index (κ2) is 4.41. The van der Waals surface area contributed by atoms with Gasteiger partial charge in [-0.2, -0.15) is 0 Å². The van der Waals surface area contributed by atoms with Crippen molar-refractivity contribution < 1.29 is 4.39 Å². The zero-order valence-corrected chi connectivity index (χ0v) is 9.57. The van der Waals surface area contributed by atoms with Gasteiger partial charge in [-0.25, -0.2) is 4.39 Å². The van der Waals surface area contributed by atoms with Gasteiger partial charge in [-0.1, -0.05) is 24.3 Å². The molecule has 0 radical (unpaired) electrons. The average Bonchev–Trinajstić information content (AvgIpc) is 2.91. The lowest BCUT2D eigenvalue weighted by molar-refractivity contribution is 0.272. The maximum absolute atomic E-state index is 14.5. The molecule has 1 aliphatic rings. The first kappa shape index (κ1) is 10.7. The van der Waals surface area contributed by atoms with E-state index >= 15 is 0 Å². The first-order chi connectivity index (χ1) is 8.36. The maximum Gasteiger partial charge on any atom is 0.142 e. The van der Waals surface area contributed by atoms with E-state index in [9.17, 15) is 4.39 Å². The Kier molecular flexibility index (Phi) is 2.77. The smallest absolute Gasteiger partial charge is 0.142 e. The van der Waals surface area contributed by atoms with Crippen LogP contribution in [0.5, 0.6) is 0 Å². The van der Waals surface area contributed by atoms with Crippen LogP contribution < -0.4 is 5.32 Å².